The molecule has 0 heterocycles. The number of hydrogen-bond acceptors (Lipinski definition) is 3. The lowest BCUT2D eigenvalue weighted by Crippen LogP contribution is -1.99. The zero-order valence-corrected chi connectivity index (χ0v) is 11.7. The van der Waals surface area contributed by atoms with Gasteiger partial charge in [0.1, 0.15) is 11.6 Å². The Labute approximate surface area is 118 Å². The van der Waals surface area contributed by atoms with Gasteiger partial charge in [-0.25, -0.2) is 4.39 Å². The van der Waals surface area contributed by atoms with Crippen LogP contribution in [0.5, 0.6) is 5.75 Å². The third-order valence-electron chi connectivity index (χ3n) is 3.09. The molecule has 3 nitrogen and oxygen atoms in total. The minimum Gasteiger partial charge on any atom is -0.495 e. The van der Waals surface area contributed by atoms with Crippen molar-refractivity contribution in [1.82, 2.24) is 0 Å². The van der Waals surface area contributed by atoms with Gasteiger partial charge >= 0.3 is 0 Å². The molecule has 0 aromatic heterocycles. The van der Waals surface area contributed by atoms with Gasteiger partial charge < -0.3 is 15.8 Å². The Morgan fingerprint density at radius 3 is 2.50 bits per heavy atom. The van der Waals surface area contributed by atoms with Crippen molar-refractivity contribution in [3.63, 3.8) is 0 Å². The van der Waals surface area contributed by atoms with Crippen LogP contribution in [0.4, 0.5) is 21.5 Å². The zero-order valence-electron chi connectivity index (χ0n) is 11.7. The van der Waals surface area contributed by atoms with E-state index in [4.69, 9.17) is 10.5 Å². The smallest absolute Gasteiger partial charge is 0.148 e. The van der Waals surface area contributed by atoms with Crippen LogP contribution in [-0.4, -0.2) is 7.11 Å². The van der Waals surface area contributed by atoms with Gasteiger partial charge in [-0.15, -0.1) is 0 Å². The molecule has 0 unspecified atom stereocenters. The van der Waals surface area contributed by atoms with Crippen LogP contribution in [0.3, 0.4) is 0 Å². The van der Waals surface area contributed by atoms with E-state index >= 15 is 0 Å². The van der Waals surface area contributed by atoms with E-state index in [0.717, 1.165) is 18.5 Å². The van der Waals surface area contributed by atoms with Gasteiger partial charge in [0.2, 0.25) is 0 Å². The molecule has 2 rings (SSSR count). The fourth-order valence-corrected chi connectivity index (χ4v) is 2.04. The van der Waals surface area contributed by atoms with Crippen LogP contribution in [0.15, 0.2) is 36.4 Å². The van der Waals surface area contributed by atoms with Crippen LogP contribution in [-0.2, 0) is 6.42 Å². The van der Waals surface area contributed by atoms with Crippen molar-refractivity contribution in [3.05, 3.63) is 47.8 Å². The Morgan fingerprint density at radius 1 is 1.20 bits per heavy atom. The number of ether oxygens (including phenoxy) is 1. The number of nitrogen functional groups attached to an aromatic ring is 1. The van der Waals surface area contributed by atoms with Crippen molar-refractivity contribution >= 4 is 17.1 Å². The monoisotopic (exact) mass is 274 g/mol. The number of halogens is 1. The first-order valence-corrected chi connectivity index (χ1v) is 6.63. The lowest BCUT2D eigenvalue weighted by Gasteiger charge is -2.11. The Kier molecular flexibility index (Phi) is 4.45. The molecule has 3 N–H and O–H groups in total. The number of nitrogens with two attached hydrogens (primary N) is 1. The summed E-state index contributed by atoms with van der Waals surface area (Å²) in [6, 6.07) is 10.8. The quantitative estimate of drug-likeness (QED) is 0.806. The van der Waals surface area contributed by atoms with Crippen LogP contribution < -0.4 is 15.8 Å². The summed E-state index contributed by atoms with van der Waals surface area (Å²) in [6.07, 6.45) is 2.15. The molecular weight excluding hydrogens is 255 g/mol. The molecule has 0 aliphatic rings. The van der Waals surface area contributed by atoms with Crippen molar-refractivity contribution in [1.29, 1.82) is 0 Å². The summed E-state index contributed by atoms with van der Waals surface area (Å²) in [5, 5.41) is 3.03. The highest BCUT2D eigenvalue weighted by Crippen LogP contribution is 2.30. The summed E-state index contributed by atoms with van der Waals surface area (Å²) < 4.78 is 19.0. The highest BCUT2D eigenvalue weighted by molar-refractivity contribution is 5.67. The van der Waals surface area contributed by atoms with E-state index in [1.807, 2.05) is 24.3 Å². The highest BCUT2D eigenvalue weighted by atomic mass is 19.1. The molecule has 0 bridgehead atoms. The Morgan fingerprint density at radius 2 is 1.90 bits per heavy atom. The molecule has 106 valence electrons. The molecule has 0 spiro atoms. The van der Waals surface area contributed by atoms with E-state index in [0.29, 0.717) is 11.4 Å². The first-order chi connectivity index (χ1) is 9.63. The second-order valence-electron chi connectivity index (χ2n) is 4.65. The molecular formula is C16H19FN2O. The maximum Gasteiger partial charge on any atom is 0.148 e. The summed E-state index contributed by atoms with van der Waals surface area (Å²) >= 11 is 0. The van der Waals surface area contributed by atoms with Gasteiger partial charge in [0.25, 0.3) is 0 Å². The topological polar surface area (TPSA) is 47.3 Å². The summed E-state index contributed by atoms with van der Waals surface area (Å²) in [7, 11) is 1.51. The van der Waals surface area contributed by atoms with Gasteiger partial charge in [-0.05, 0) is 24.1 Å². The van der Waals surface area contributed by atoms with E-state index in [1.165, 1.54) is 18.7 Å². The van der Waals surface area contributed by atoms with Crippen molar-refractivity contribution in [2.45, 2.75) is 19.8 Å². The minimum atomic E-state index is -0.402. The summed E-state index contributed by atoms with van der Waals surface area (Å²) in [6.45, 7) is 2.14. The minimum absolute atomic E-state index is 0.286. The van der Waals surface area contributed by atoms with Gasteiger partial charge in [0.15, 0.2) is 0 Å². The number of rotatable bonds is 5. The van der Waals surface area contributed by atoms with E-state index in [1.54, 1.807) is 6.07 Å². The van der Waals surface area contributed by atoms with E-state index < -0.39 is 5.82 Å². The lowest BCUT2D eigenvalue weighted by atomic mass is 10.1. The van der Waals surface area contributed by atoms with Crippen LogP contribution in [0.2, 0.25) is 0 Å². The highest BCUT2D eigenvalue weighted by Gasteiger charge is 2.08. The molecule has 0 saturated carbocycles. The maximum atomic E-state index is 13.9. The van der Waals surface area contributed by atoms with Gasteiger partial charge in [0, 0.05) is 17.8 Å². The van der Waals surface area contributed by atoms with Gasteiger partial charge in [0.05, 0.1) is 18.5 Å². The molecule has 0 atom stereocenters. The molecule has 0 saturated heterocycles. The number of anilines is 3. The molecule has 4 heteroatoms. The van der Waals surface area contributed by atoms with Gasteiger partial charge in [-0.2, -0.15) is 0 Å². The zero-order chi connectivity index (χ0) is 14.5. The second kappa shape index (κ2) is 6.28. The fourth-order valence-electron chi connectivity index (χ4n) is 2.04. The molecule has 0 fully saturated rings. The van der Waals surface area contributed by atoms with E-state index in [2.05, 4.69) is 12.2 Å². The van der Waals surface area contributed by atoms with E-state index in [-0.39, 0.29) is 5.69 Å². The molecule has 0 aliphatic carbocycles. The van der Waals surface area contributed by atoms with Crippen molar-refractivity contribution < 1.29 is 9.13 Å². The number of hydrogen-bond donors (Lipinski definition) is 2. The third-order valence-corrected chi connectivity index (χ3v) is 3.09. The van der Waals surface area contributed by atoms with Crippen LogP contribution in [0, 0.1) is 5.82 Å². The summed E-state index contributed by atoms with van der Waals surface area (Å²) in [5.41, 5.74) is 8.39. The van der Waals surface area contributed by atoms with Crippen LogP contribution in [0.25, 0.3) is 0 Å². The Hall–Kier alpha value is -2.23. The average molecular weight is 274 g/mol. The summed E-state index contributed by atoms with van der Waals surface area (Å²) in [4.78, 5) is 0. The van der Waals surface area contributed by atoms with Crippen molar-refractivity contribution in [2.24, 2.45) is 0 Å². The molecule has 20 heavy (non-hydrogen) atoms. The van der Waals surface area contributed by atoms with Gasteiger partial charge in [-0.3, -0.25) is 0 Å². The normalized spacial score (nSPS) is 10.3. The predicted molar refractivity (Wildman–Crippen MR) is 81.1 cm³/mol. The maximum absolute atomic E-state index is 13.9. The molecule has 2 aromatic carbocycles. The fraction of sp³-hybridized carbons (Fsp3) is 0.250. The lowest BCUT2D eigenvalue weighted by molar-refractivity contribution is 0.416. The first-order valence-electron chi connectivity index (χ1n) is 6.63. The van der Waals surface area contributed by atoms with Crippen LogP contribution in [0.1, 0.15) is 18.9 Å². The number of aryl methyl sites for hydroxylation is 1. The van der Waals surface area contributed by atoms with E-state index in [9.17, 15) is 4.39 Å². The van der Waals surface area contributed by atoms with Crippen LogP contribution >= 0.6 is 0 Å². The standard InChI is InChI=1S/C16H19FN2O/c1-3-4-11-5-7-12(8-6-11)19-15-10-16(20-2)14(18)9-13(15)17/h5-10,19H,3-4,18H2,1-2H3. The third kappa shape index (κ3) is 3.20. The Bertz CT molecular complexity index is 582. The summed E-state index contributed by atoms with van der Waals surface area (Å²) in [5.74, 6) is 0.0532. The number of benzene rings is 2. The molecule has 0 amide bonds. The number of methoxy groups -OCH3 is 1. The largest absolute Gasteiger partial charge is 0.495 e. The predicted octanol–water partition coefficient (Wildman–Crippen LogP) is 4.11. The molecule has 2 aromatic rings. The second-order valence-corrected chi connectivity index (χ2v) is 4.65. The Balaban J connectivity index is 2.21. The van der Waals surface area contributed by atoms with Gasteiger partial charge in [-0.1, -0.05) is 25.5 Å². The number of nitrogens with one attached hydrogen (secondary N) is 1. The molecule has 0 aliphatic heterocycles. The molecule has 0 radical (unpaired) electrons. The average Bonchev–Trinajstić information content (AvgIpc) is 2.44. The SMILES string of the molecule is CCCc1ccc(Nc2cc(OC)c(N)cc2F)cc1. The van der Waals surface area contributed by atoms with Crippen molar-refractivity contribution in [3.8, 4) is 5.75 Å². The first kappa shape index (κ1) is 14.2. The van der Waals surface area contributed by atoms with Crippen molar-refractivity contribution in [2.75, 3.05) is 18.2 Å².